The molecule has 0 radical (unpaired) electrons. The number of hydrogen-bond donors (Lipinski definition) is 1. The van der Waals surface area contributed by atoms with Crippen molar-refractivity contribution in [3.05, 3.63) is 12.2 Å². The maximum Gasteiger partial charge on any atom is 0.310 e. The highest BCUT2D eigenvalue weighted by molar-refractivity contribution is 5.75. The van der Waals surface area contributed by atoms with Gasteiger partial charge in [0.1, 0.15) is 12.2 Å². The highest BCUT2D eigenvalue weighted by Crippen LogP contribution is 2.42. The van der Waals surface area contributed by atoms with Gasteiger partial charge in [0, 0.05) is 12.5 Å². The van der Waals surface area contributed by atoms with Gasteiger partial charge in [-0.3, -0.25) is 4.79 Å². The summed E-state index contributed by atoms with van der Waals surface area (Å²) in [4.78, 5) is 16.0. The highest BCUT2D eigenvalue weighted by Gasteiger charge is 2.43. The molecule has 2 unspecified atom stereocenters. The van der Waals surface area contributed by atoms with Crippen molar-refractivity contribution in [2.24, 2.45) is 11.3 Å². The maximum absolute atomic E-state index is 11.8. The number of carboxylic acid groups (broad SMARTS) is 1. The summed E-state index contributed by atoms with van der Waals surface area (Å²) in [5, 5.41) is 13.9. The third-order valence-electron chi connectivity index (χ3n) is 4.18. The number of carboxylic acids is 1. The van der Waals surface area contributed by atoms with Gasteiger partial charge in [0.25, 0.3) is 0 Å². The normalized spacial score (nSPS) is 27.7. The van der Waals surface area contributed by atoms with Gasteiger partial charge in [-0.1, -0.05) is 19.8 Å². The van der Waals surface area contributed by atoms with Gasteiger partial charge in [-0.25, -0.2) is 9.67 Å². The van der Waals surface area contributed by atoms with E-state index in [1.54, 1.807) is 0 Å². The fraction of sp³-hybridized carbons (Fsp3) is 0.786. The van der Waals surface area contributed by atoms with E-state index < -0.39 is 11.4 Å². The molecule has 1 aliphatic rings. The molecular formula is C14H23N3O2. The molecule has 0 spiro atoms. The number of rotatable bonds is 4. The first-order valence-electron chi connectivity index (χ1n) is 7.06. The molecule has 19 heavy (non-hydrogen) atoms. The zero-order valence-electron chi connectivity index (χ0n) is 12.0. The van der Waals surface area contributed by atoms with Crippen molar-refractivity contribution in [3.63, 3.8) is 0 Å². The Kier molecular flexibility index (Phi) is 3.92. The lowest BCUT2D eigenvalue weighted by atomic mass is 9.68. The molecule has 106 valence electrons. The Labute approximate surface area is 114 Å². The smallest absolute Gasteiger partial charge is 0.310 e. The molecule has 5 heteroatoms. The SMILES string of the molecule is CC1CCCC(Cc2ncnn2C(C)C)(C(=O)O)C1. The van der Waals surface area contributed by atoms with Crippen LogP contribution in [0.15, 0.2) is 6.33 Å². The largest absolute Gasteiger partial charge is 0.481 e. The fourth-order valence-corrected chi connectivity index (χ4v) is 3.23. The fourth-order valence-electron chi connectivity index (χ4n) is 3.23. The second-order valence-corrected chi connectivity index (χ2v) is 6.18. The minimum absolute atomic E-state index is 0.212. The Morgan fingerprint density at radius 1 is 1.63 bits per heavy atom. The molecule has 0 bridgehead atoms. The first kappa shape index (κ1) is 14.0. The van der Waals surface area contributed by atoms with Crippen LogP contribution in [0.1, 0.15) is 58.3 Å². The van der Waals surface area contributed by atoms with Crippen LogP contribution < -0.4 is 0 Å². The monoisotopic (exact) mass is 265 g/mol. The lowest BCUT2D eigenvalue weighted by Gasteiger charge is -2.36. The number of aromatic nitrogens is 3. The molecule has 0 saturated heterocycles. The van der Waals surface area contributed by atoms with Crippen LogP contribution in [0.4, 0.5) is 0 Å². The second kappa shape index (κ2) is 5.31. The summed E-state index contributed by atoms with van der Waals surface area (Å²) in [6, 6.07) is 0.212. The highest BCUT2D eigenvalue weighted by atomic mass is 16.4. The van der Waals surface area contributed by atoms with E-state index in [-0.39, 0.29) is 6.04 Å². The van der Waals surface area contributed by atoms with E-state index in [0.29, 0.717) is 12.3 Å². The van der Waals surface area contributed by atoms with Crippen molar-refractivity contribution >= 4 is 5.97 Å². The van der Waals surface area contributed by atoms with Gasteiger partial charge in [0.05, 0.1) is 5.41 Å². The number of aliphatic carboxylic acids is 1. The lowest BCUT2D eigenvalue weighted by molar-refractivity contribution is -0.152. The summed E-state index contributed by atoms with van der Waals surface area (Å²) in [5.74, 6) is 0.587. The minimum atomic E-state index is -0.683. The Hall–Kier alpha value is -1.39. The predicted octanol–water partition coefficient (Wildman–Crippen LogP) is 2.68. The number of hydrogen-bond acceptors (Lipinski definition) is 3. The van der Waals surface area contributed by atoms with Crippen LogP contribution in [0.25, 0.3) is 0 Å². The van der Waals surface area contributed by atoms with Gasteiger partial charge in [-0.2, -0.15) is 5.10 Å². The van der Waals surface area contributed by atoms with Crippen molar-refractivity contribution in [1.82, 2.24) is 14.8 Å². The van der Waals surface area contributed by atoms with Gasteiger partial charge < -0.3 is 5.11 Å². The molecule has 1 aromatic heterocycles. The summed E-state index contributed by atoms with van der Waals surface area (Å²) in [6.45, 7) is 6.22. The van der Waals surface area contributed by atoms with Gasteiger partial charge in [-0.05, 0) is 32.6 Å². The summed E-state index contributed by atoms with van der Waals surface area (Å²) < 4.78 is 1.84. The Balaban J connectivity index is 2.26. The second-order valence-electron chi connectivity index (χ2n) is 6.18. The minimum Gasteiger partial charge on any atom is -0.481 e. The predicted molar refractivity (Wildman–Crippen MR) is 71.8 cm³/mol. The molecule has 5 nitrogen and oxygen atoms in total. The molecular weight excluding hydrogens is 242 g/mol. The molecule has 1 fully saturated rings. The molecule has 0 amide bonds. The van der Waals surface area contributed by atoms with E-state index >= 15 is 0 Å². The van der Waals surface area contributed by atoms with E-state index in [0.717, 1.165) is 31.5 Å². The van der Waals surface area contributed by atoms with Crippen molar-refractivity contribution in [3.8, 4) is 0 Å². The van der Waals surface area contributed by atoms with Crippen molar-refractivity contribution < 1.29 is 9.90 Å². The van der Waals surface area contributed by atoms with Crippen LogP contribution in [-0.4, -0.2) is 25.8 Å². The van der Waals surface area contributed by atoms with E-state index in [4.69, 9.17) is 0 Å². The van der Waals surface area contributed by atoms with Crippen LogP contribution in [0.5, 0.6) is 0 Å². The van der Waals surface area contributed by atoms with Crippen molar-refractivity contribution in [2.45, 2.75) is 58.9 Å². The molecule has 1 saturated carbocycles. The Morgan fingerprint density at radius 3 is 2.95 bits per heavy atom. The lowest BCUT2D eigenvalue weighted by Crippen LogP contribution is -2.38. The van der Waals surface area contributed by atoms with Crippen LogP contribution in [-0.2, 0) is 11.2 Å². The Morgan fingerprint density at radius 2 is 2.37 bits per heavy atom. The molecule has 2 atom stereocenters. The summed E-state index contributed by atoms with van der Waals surface area (Å²) >= 11 is 0. The summed E-state index contributed by atoms with van der Waals surface area (Å²) in [6.07, 6.45) is 5.63. The number of carbonyl (C=O) groups is 1. The van der Waals surface area contributed by atoms with Crippen LogP contribution >= 0.6 is 0 Å². The van der Waals surface area contributed by atoms with Crippen LogP contribution in [0.2, 0.25) is 0 Å². The van der Waals surface area contributed by atoms with Crippen molar-refractivity contribution in [1.29, 1.82) is 0 Å². The van der Waals surface area contributed by atoms with Crippen LogP contribution in [0.3, 0.4) is 0 Å². The Bertz CT molecular complexity index is 455. The molecule has 1 aromatic rings. The van der Waals surface area contributed by atoms with Crippen LogP contribution in [0, 0.1) is 11.3 Å². The molecule has 0 aromatic carbocycles. The zero-order chi connectivity index (χ0) is 14.0. The van der Waals surface area contributed by atoms with Crippen molar-refractivity contribution in [2.75, 3.05) is 0 Å². The standard InChI is InChI=1S/C14H23N3O2/c1-10(2)17-12(15-9-16-17)8-14(13(18)19)6-4-5-11(3)7-14/h9-11H,4-8H2,1-3H3,(H,18,19). The third kappa shape index (κ3) is 2.80. The molecule has 1 N–H and O–H groups in total. The maximum atomic E-state index is 11.8. The third-order valence-corrected chi connectivity index (χ3v) is 4.18. The summed E-state index contributed by atoms with van der Waals surface area (Å²) in [5.41, 5.74) is -0.655. The molecule has 1 aliphatic carbocycles. The first-order valence-corrected chi connectivity index (χ1v) is 7.06. The summed E-state index contributed by atoms with van der Waals surface area (Å²) in [7, 11) is 0. The van der Waals surface area contributed by atoms with Gasteiger partial charge >= 0.3 is 5.97 Å². The van der Waals surface area contributed by atoms with Gasteiger partial charge in [-0.15, -0.1) is 0 Å². The van der Waals surface area contributed by atoms with E-state index in [9.17, 15) is 9.90 Å². The van der Waals surface area contributed by atoms with E-state index in [2.05, 4.69) is 17.0 Å². The average Bonchev–Trinajstić information content (AvgIpc) is 2.76. The van der Waals surface area contributed by atoms with E-state index in [1.165, 1.54) is 6.33 Å². The van der Waals surface area contributed by atoms with E-state index in [1.807, 2.05) is 18.5 Å². The quantitative estimate of drug-likeness (QED) is 0.908. The average molecular weight is 265 g/mol. The first-order chi connectivity index (χ1) is 8.94. The van der Waals surface area contributed by atoms with Gasteiger partial charge in [0.15, 0.2) is 0 Å². The number of nitrogens with zero attached hydrogens (tertiary/aromatic N) is 3. The zero-order valence-corrected chi connectivity index (χ0v) is 12.0. The molecule has 1 heterocycles. The molecule has 0 aliphatic heterocycles. The van der Waals surface area contributed by atoms with Gasteiger partial charge in [0.2, 0.25) is 0 Å². The topological polar surface area (TPSA) is 68.0 Å². The molecule has 2 rings (SSSR count).